The van der Waals surface area contributed by atoms with Gasteiger partial charge in [0.2, 0.25) is 0 Å². The number of nitrogens with one attached hydrogen (secondary N) is 1. The zero-order valence-corrected chi connectivity index (χ0v) is 11.1. The molecule has 104 valence electrons. The Morgan fingerprint density at radius 2 is 1.76 bits per heavy atom. The fourth-order valence-electron chi connectivity index (χ4n) is 1.97. The summed E-state index contributed by atoms with van der Waals surface area (Å²) in [6, 6.07) is 14.0. The fourth-order valence-corrected chi connectivity index (χ4v) is 1.97. The van der Waals surface area contributed by atoms with Crippen LogP contribution >= 0.6 is 0 Å². The lowest BCUT2D eigenvalue weighted by molar-refractivity contribution is -0.384. The van der Waals surface area contributed by atoms with Crippen LogP contribution in [0.1, 0.15) is 5.69 Å². The summed E-state index contributed by atoms with van der Waals surface area (Å²) in [5.41, 5.74) is 3.39. The summed E-state index contributed by atoms with van der Waals surface area (Å²) in [5.74, 6) is 0. The lowest BCUT2D eigenvalue weighted by atomic mass is 10.2. The summed E-state index contributed by atoms with van der Waals surface area (Å²) in [5, 5.41) is 13.7. The predicted molar refractivity (Wildman–Crippen MR) is 80.0 cm³/mol. The lowest BCUT2D eigenvalue weighted by Gasteiger charge is -2.06. The topological polar surface area (TPSA) is 81.0 Å². The van der Waals surface area contributed by atoms with Crippen LogP contribution in [0.25, 0.3) is 11.0 Å². The van der Waals surface area contributed by atoms with Crippen LogP contribution in [0.5, 0.6) is 0 Å². The van der Waals surface area contributed by atoms with E-state index in [0.29, 0.717) is 6.54 Å². The molecule has 0 fully saturated rings. The van der Waals surface area contributed by atoms with E-state index in [1.165, 1.54) is 12.1 Å². The molecule has 0 radical (unpaired) electrons. The molecule has 0 unspecified atom stereocenters. The molecule has 3 aromatic rings. The number of nitro benzene ring substituents is 1. The van der Waals surface area contributed by atoms with Crippen molar-refractivity contribution in [3.05, 3.63) is 70.5 Å². The zero-order valence-electron chi connectivity index (χ0n) is 11.1. The molecular formula is C15H12N4O2. The fraction of sp³-hybridized carbons (Fsp3) is 0.0667. The van der Waals surface area contributed by atoms with Crippen LogP contribution in [0, 0.1) is 10.1 Å². The Labute approximate surface area is 120 Å². The Balaban J connectivity index is 1.72. The molecule has 0 saturated heterocycles. The quantitative estimate of drug-likeness (QED) is 0.586. The highest BCUT2D eigenvalue weighted by atomic mass is 16.6. The molecule has 6 nitrogen and oxygen atoms in total. The first-order chi connectivity index (χ1) is 10.2. The zero-order chi connectivity index (χ0) is 14.7. The van der Waals surface area contributed by atoms with Crippen molar-refractivity contribution in [2.75, 3.05) is 5.32 Å². The average molecular weight is 280 g/mol. The minimum absolute atomic E-state index is 0.0750. The highest BCUT2D eigenvalue weighted by Crippen LogP contribution is 2.16. The lowest BCUT2D eigenvalue weighted by Crippen LogP contribution is -2.02. The van der Waals surface area contributed by atoms with E-state index in [-0.39, 0.29) is 5.69 Å². The summed E-state index contributed by atoms with van der Waals surface area (Å²) in [4.78, 5) is 19.0. The van der Waals surface area contributed by atoms with Crippen LogP contribution < -0.4 is 5.32 Å². The minimum atomic E-state index is -0.418. The van der Waals surface area contributed by atoms with Crippen LogP contribution in [0.2, 0.25) is 0 Å². The number of aromatic nitrogens is 2. The SMILES string of the molecule is O=[N+]([O-])c1ccc(NCc2cnc3ccccc3n2)cc1. The summed E-state index contributed by atoms with van der Waals surface area (Å²) < 4.78 is 0. The highest BCUT2D eigenvalue weighted by Gasteiger charge is 2.04. The molecule has 3 rings (SSSR count). The molecule has 21 heavy (non-hydrogen) atoms. The monoisotopic (exact) mass is 280 g/mol. The number of hydrogen-bond acceptors (Lipinski definition) is 5. The van der Waals surface area contributed by atoms with Gasteiger partial charge in [-0.15, -0.1) is 0 Å². The molecule has 6 heteroatoms. The molecule has 0 bridgehead atoms. The van der Waals surface area contributed by atoms with Gasteiger partial charge in [-0.2, -0.15) is 0 Å². The number of nitrogens with zero attached hydrogens (tertiary/aromatic N) is 3. The van der Waals surface area contributed by atoms with Crippen LogP contribution in [-0.2, 0) is 6.54 Å². The first-order valence-corrected chi connectivity index (χ1v) is 6.41. The van der Waals surface area contributed by atoms with E-state index in [1.807, 2.05) is 24.3 Å². The van der Waals surface area contributed by atoms with Crippen molar-refractivity contribution in [2.45, 2.75) is 6.54 Å². The van der Waals surface area contributed by atoms with E-state index in [2.05, 4.69) is 15.3 Å². The standard InChI is InChI=1S/C15H12N4O2/c20-19(21)13-7-5-11(6-8-13)16-9-12-10-17-14-3-1-2-4-15(14)18-12/h1-8,10,16H,9H2. The maximum Gasteiger partial charge on any atom is 0.269 e. The number of fused-ring (bicyclic) bond motifs is 1. The molecule has 1 N–H and O–H groups in total. The van der Waals surface area contributed by atoms with Gasteiger partial charge in [-0.1, -0.05) is 12.1 Å². The number of hydrogen-bond donors (Lipinski definition) is 1. The van der Waals surface area contributed by atoms with Crippen LogP contribution in [0.3, 0.4) is 0 Å². The van der Waals surface area contributed by atoms with E-state index in [0.717, 1.165) is 22.4 Å². The van der Waals surface area contributed by atoms with Gasteiger partial charge in [-0.05, 0) is 24.3 Å². The van der Waals surface area contributed by atoms with Crippen molar-refractivity contribution in [1.29, 1.82) is 0 Å². The molecule has 0 aliphatic heterocycles. The molecule has 2 aromatic carbocycles. The maximum absolute atomic E-state index is 10.6. The van der Waals surface area contributed by atoms with Gasteiger partial charge in [0, 0.05) is 17.8 Å². The molecule has 0 aliphatic rings. The maximum atomic E-state index is 10.6. The Morgan fingerprint density at radius 1 is 1.05 bits per heavy atom. The van der Waals surface area contributed by atoms with Crippen molar-refractivity contribution >= 4 is 22.4 Å². The van der Waals surface area contributed by atoms with Gasteiger partial charge in [0.15, 0.2) is 0 Å². The van der Waals surface area contributed by atoms with Gasteiger partial charge < -0.3 is 5.32 Å². The second-order valence-corrected chi connectivity index (χ2v) is 4.51. The van der Waals surface area contributed by atoms with E-state index >= 15 is 0 Å². The number of benzene rings is 2. The molecule has 0 spiro atoms. The third-order valence-electron chi connectivity index (χ3n) is 3.05. The van der Waals surface area contributed by atoms with Crippen LogP contribution in [0.4, 0.5) is 11.4 Å². The van der Waals surface area contributed by atoms with E-state index in [4.69, 9.17) is 0 Å². The van der Waals surface area contributed by atoms with Crippen molar-refractivity contribution in [3.63, 3.8) is 0 Å². The molecular weight excluding hydrogens is 268 g/mol. The van der Waals surface area contributed by atoms with Gasteiger partial charge in [-0.25, -0.2) is 4.98 Å². The second kappa shape index (κ2) is 5.54. The second-order valence-electron chi connectivity index (χ2n) is 4.51. The summed E-state index contributed by atoms with van der Waals surface area (Å²) in [7, 11) is 0. The van der Waals surface area contributed by atoms with Gasteiger partial charge in [0.25, 0.3) is 5.69 Å². The third-order valence-corrected chi connectivity index (χ3v) is 3.05. The van der Waals surface area contributed by atoms with E-state index in [9.17, 15) is 10.1 Å². The molecule has 0 saturated carbocycles. The highest BCUT2D eigenvalue weighted by molar-refractivity contribution is 5.73. The number of anilines is 1. The number of non-ortho nitro benzene ring substituents is 1. The van der Waals surface area contributed by atoms with Crippen molar-refractivity contribution in [2.24, 2.45) is 0 Å². The van der Waals surface area contributed by atoms with E-state index in [1.54, 1.807) is 18.3 Å². The Hall–Kier alpha value is -3.02. The summed E-state index contributed by atoms with van der Waals surface area (Å²) >= 11 is 0. The summed E-state index contributed by atoms with van der Waals surface area (Å²) in [6.45, 7) is 0.510. The van der Waals surface area contributed by atoms with Gasteiger partial charge in [0.05, 0.1) is 34.4 Å². The average Bonchev–Trinajstić information content (AvgIpc) is 2.53. The number of nitro groups is 1. The third kappa shape index (κ3) is 2.94. The number of para-hydroxylation sites is 2. The minimum Gasteiger partial charge on any atom is -0.379 e. The Morgan fingerprint density at radius 3 is 2.48 bits per heavy atom. The molecule has 0 amide bonds. The molecule has 1 aromatic heterocycles. The predicted octanol–water partition coefficient (Wildman–Crippen LogP) is 3.15. The van der Waals surface area contributed by atoms with Crippen molar-refractivity contribution < 1.29 is 4.92 Å². The largest absolute Gasteiger partial charge is 0.379 e. The van der Waals surface area contributed by atoms with Gasteiger partial charge in [-0.3, -0.25) is 15.1 Å². The van der Waals surface area contributed by atoms with Crippen LogP contribution in [-0.4, -0.2) is 14.9 Å². The van der Waals surface area contributed by atoms with Gasteiger partial charge >= 0.3 is 0 Å². The summed E-state index contributed by atoms with van der Waals surface area (Å²) in [6.07, 6.45) is 1.72. The molecule has 0 atom stereocenters. The molecule has 0 aliphatic carbocycles. The Bertz CT molecular complexity index is 787. The Kier molecular flexibility index (Phi) is 3.42. The smallest absolute Gasteiger partial charge is 0.269 e. The van der Waals surface area contributed by atoms with E-state index < -0.39 is 4.92 Å². The molecule has 1 heterocycles. The van der Waals surface area contributed by atoms with Crippen LogP contribution in [0.15, 0.2) is 54.7 Å². The van der Waals surface area contributed by atoms with Crippen molar-refractivity contribution in [3.8, 4) is 0 Å². The first kappa shape index (κ1) is 13.0. The van der Waals surface area contributed by atoms with Crippen molar-refractivity contribution in [1.82, 2.24) is 9.97 Å². The number of rotatable bonds is 4. The first-order valence-electron chi connectivity index (χ1n) is 6.41. The van der Waals surface area contributed by atoms with Gasteiger partial charge in [0.1, 0.15) is 0 Å². The normalized spacial score (nSPS) is 10.5.